The fourth-order valence-corrected chi connectivity index (χ4v) is 5.70. The number of hydrogen-bond donors (Lipinski definition) is 0. The standard InChI is InChI=1S/C24H20O2S2/c1-17-10-6-8-14-21(17)27-24(28-22-15-9-7-11-18(22)2)16-20(26-23(24)25)19-12-4-3-5-13-19/h3-16H,1-2H3. The van der Waals surface area contributed by atoms with Crippen LogP contribution in [0.1, 0.15) is 16.7 Å². The van der Waals surface area contributed by atoms with E-state index in [2.05, 4.69) is 38.1 Å². The van der Waals surface area contributed by atoms with Crippen molar-refractivity contribution in [2.45, 2.75) is 27.7 Å². The van der Waals surface area contributed by atoms with Gasteiger partial charge in [0.15, 0.2) is 4.08 Å². The maximum Gasteiger partial charge on any atom is 0.342 e. The number of rotatable bonds is 5. The Bertz CT molecular complexity index is 994. The zero-order chi connectivity index (χ0) is 19.6. The average Bonchev–Trinajstić information content (AvgIpc) is 3.02. The summed E-state index contributed by atoms with van der Waals surface area (Å²) >= 11 is 3.09. The van der Waals surface area contributed by atoms with Crippen LogP contribution in [0.4, 0.5) is 0 Å². The number of ether oxygens (including phenoxy) is 1. The molecular weight excluding hydrogens is 384 g/mol. The molecule has 4 heteroatoms. The Kier molecular flexibility index (Phi) is 5.33. The predicted octanol–water partition coefficient (Wildman–Crippen LogP) is 6.48. The summed E-state index contributed by atoms with van der Waals surface area (Å²) in [6.45, 7) is 4.13. The van der Waals surface area contributed by atoms with E-state index in [1.54, 1.807) is 23.5 Å². The van der Waals surface area contributed by atoms with Gasteiger partial charge in [0, 0.05) is 15.4 Å². The molecule has 0 radical (unpaired) electrons. The van der Waals surface area contributed by atoms with Gasteiger partial charge in [-0.3, -0.25) is 0 Å². The van der Waals surface area contributed by atoms with Crippen molar-refractivity contribution in [3.8, 4) is 0 Å². The summed E-state index contributed by atoms with van der Waals surface area (Å²) in [6.07, 6.45) is 1.97. The van der Waals surface area contributed by atoms with Gasteiger partial charge in [0.05, 0.1) is 0 Å². The first kappa shape index (κ1) is 18.9. The van der Waals surface area contributed by atoms with Crippen LogP contribution in [0, 0.1) is 13.8 Å². The number of esters is 1. The van der Waals surface area contributed by atoms with Crippen molar-refractivity contribution in [2.75, 3.05) is 0 Å². The normalized spacial score (nSPS) is 15.2. The highest BCUT2D eigenvalue weighted by molar-refractivity contribution is 8.19. The highest BCUT2D eigenvalue weighted by Gasteiger charge is 2.47. The highest BCUT2D eigenvalue weighted by atomic mass is 32.2. The van der Waals surface area contributed by atoms with Crippen LogP contribution in [0.2, 0.25) is 0 Å². The molecule has 1 aliphatic rings. The molecule has 0 aliphatic carbocycles. The fourth-order valence-electron chi connectivity index (χ4n) is 3.01. The van der Waals surface area contributed by atoms with Crippen LogP contribution in [-0.2, 0) is 9.53 Å². The number of benzene rings is 3. The van der Waals surface area contributed by atoms with E-state index in [1.807, 2.05) is 60.7 Å². The second-order valence-corrected chi connectivity index (χ2v) is 9.50. The molecule has 28 heavy (non-hydrogen) atoms. The van der Waals surface area contributed by atoms with Gasteiger partial charge in [-0.05, 0) is 43.2 Å². The van der Waals surface area contributed by atoms with Gasteiger partial charge in [0.2, 0.25) is 0 Å². The van der Waals surface area contributed by atoms with Crippen LogP contribution < -0.4 is 0 Å². The Labute approximate surface area is 174 Å². The van der Waals surface area contributed by atoms with E-state index in [0.717, 1.165) is 26.5 Å². The number of hydrogen-bond acceptors (Lipinski definition) is 4. The molecule has 1 aliphatic heterocycles. The second kappa shape index (κ2) is 7.90. The first-order valence-electron chi connectivity index (χ1n) is 9.07. The molecule has 0 amide bonds. The third kappa shape index (κ3) is 3.75. The Morgan fingerprint density at radius 3 is 1.75 bits per heavy atom. The van der Waals surface area contributed by atoms with Gasteiger partial charge >= 0.3 is 5.97 Å². The molecule has 3 aromatic carbocycles. The summed E-state index contributed by atoms with van der Waals surface area (Å²) in [7, 11) is 0. The van der Waals surface area contributed by atoms with E-state index in [9.17, 15) is 4.79 Å². The molecule has 0 aromatic heterocycles. The lowest BCUT2D eigenvalue weighted by atomic mass is 10.2. The van der Waals surface area contributed by atoms with Crippen molar-refractivity contribution < 1.29 is 9.53 Å². The van der Waals surface area contributed by atoms with E-state index < -0.39 is 4.08 Å². The van der Waals surface area contributed by atoms with Crippen LogP contribution in [0.5, 0.6) is 0 Å². The molecule has 0 bridgehead atoms. The van der Waals surface area contributed by atoms with Crippen molar-refractivity contribution in [3.63, 3.8) is 0 Å². The molecule has 3 aromatic rings. The fraction of sp³-hybridized carbons (Fsp3) is 0.125. The number of carbonyl (C=O) groups is 1. The van der Waals surface area contributed by atoms with E-state index in [0.29, 0.717) is 5.76 Å². The Hall–Kier alpha value is -2.43. The monoisotopic (exact) mass is 404 g/mol. The zero-order valence-electron chi connectivity index (χ0n) is 15.7. The van der Waals surface area contributed by atoms with Crippen LogP contribution in [0.25, 0.3) is 5.76 Å². The number of carbonyl (C=O) groups excluding carboxylic acids is 1. The zero-order valence-corrected chi connectivity index (χ0v) is 17.3. The second-order valence-electron chi connectivity index (χ2n) is 6.67. The molecule has 1 heterocycles. The van der Waals surface area contributed by atoms with Gasteiger partial charge in [-0.2, -0.15) is 0 Å². The third-order valence-corrected chi connectivity index (χ3v) is 7.61. The van der Waals surface area contributed by atoms with Gasteiger partial charge in [0.25, 0.3) is 0 Å². The molecule has 4 rings (SSSR count). The van der Waals surface area contributed by atoms with Gasteiger partial charge in [-0.25, -0.2) is 4.79 Å². The molecule has 0 saturated heterocycles. The molecule has 0 N–H and O–H groups in total. The molecule has 2 nitrogen and oxygen atoms in total. The van der Waals surface area contributed by atoms with Crippen LogP contribution in [0.3, 0.4) is 0 Å². The summed E-state index contributed by atoms with van der Waals surface area (Å²) in [5.74, 6) is 0.376. The maximum absolute atomic E-state index is 13.2. The van der Waals surface area contributed by atoms with Crippen molar-refractivity contribution in [3.05, 3.63) is 102 Å². The summed E-state index contributed by atoms with van der Waals surface area (Å²) < 4.78 is 4.90. The van der Waals surface area contributed by atoms with Gasteiger partial charge in [-0.1, -0.05) is 90.3 Å². The molecule has 140 valence electrons. The SMILES string of the molecule is Cc1ccccc1SC1(Sc2ccccc2C)C=C(c2ccccc2)OC1=O. The first-order valence-corrected chi connectivity index (χ1v) is 10.7. The largest absolute Gasteiger partial charge is 0.424 e. The minimum Gasteiger partial charge on any atom is -0.424 e. The van der Waals surface area contributed by atoms with Crippen LogP contribution in [0.15, 0.2) is 94.7 Å². The van der Waals surface area contributed by atoms with E-state index in [1.165, 1.54) is 0 Å². The average molecular weight is 405 g/mol. The van der Waals surface area contributed by atoms with Gasteiger partial charge in [-0.15, -0.1) is 0 Å². The Morgan fingerprint density at radius 2 is 1.21 bits per heavy atom. The van der Waals surface area contributed by atoms with Crippen LogP contribution >= 0.6 is 23.5 Å². The lowest BCUT2D eigenvalue weighted by molar-refractivity contribution is -0.134. The Balaban J connectivity index is 1.79. The molecule has 0 spiro atoms. The summed E-state index contributed by atoms with van der Waals surface area (Å²) in [5.41, 5.74) is 3.20. The van der Waals surface area contributed by atoms with Crippen molar-refractivity contribution in [2.24, 2.45) is 0 Å². The molecule has 0 saturated carbocycles. The minimum atomic E-state index is -0.872. The number of cyclic esters (lactones) is 1. The van der Waals surface area contributed by atoms with E-state index in [-0.39, 0.29) is 5.97 Å². The Morgan fingerprint density at radius 1 is 0.714 bits per heavy atom. The smallest absolute Gasteiger partial charge is 0.342 e. The van der Waals surface area contributed by atoms with E-state index in [4.69, 9.17) is 4.74 Å². The van der Waals surface area contributed by atoms with Crippen molar-refractivity contribution in [1.29, 1.82) is 0 Å². The highest BCUT2D eigenvalue weighted by Crippen LogP contribution is 2.53. The maximum atomic E-state index is 13.2. The molecule has 0 fully saturated rings. The van der Waals surface area contributed by atoms with Crippen molar-refractivity contribution in [1.82, 2.24) is 0 Å². The lowest BCUT2D eigenvalue weighted by Gasteiger charge is -2.24. The number of aryl methyl sites for hydroxylation is 2. The molecule has 0 atom stereocenters. The van der Waals surface area contributed by atoms with Crippen LogP contribution in [-0.4, -0.2) is 10.0 Å². The first-order chi connectivity index (χ1) is 13.6. The van der Waals surface area contributed by atoms with Gasteiger partial charge < -0.3 is 4.74 Å². The third-order valence-electron chi connectivity index (χ3n) is 4.58. The molecular formula is C24H20O2S2. The van der Waals surface area contributed by atoms with Crippen molar-refractivity contribution >= 4 is 35.3 Å². The summed E-state index contributed by atoms with van der Waals surface area (Å²) in [6, 6.07) is 26.1. The minimum absolute atomic E-state index is 0.243. The number of thioether (sulfide) groups is 2. The predicted molar refractivity (Wildman–Crippen MR) is 117 cm³/mol. The quantitative estimate of drug-likeness (QED) is 0.359. The lowest BCUT2D eigenvalue weighted by Crippen LogP contribution is -2.26. The summed E-state index contributed by atoms with van der Waals surface area (Å²) in [4.78, 5) is 15.3. The molecule has 0 unspecified atom stereocenters. The van der Waals surface area contributed by atoms with Gasteiger partial charge in [0.1, 0.15) is 5.76 Å². The van der Waals surface area contributed by atoms with E-state index >= 15 is 0 Å². The summed E-state index contributed by atoms with van der Waals surface area (Å²) in [5, 5.41) is 0. The topological polar surface area (TPSA) is 26.3 Å².